The number of likely N-dealkylation sites (N-methyl/N-ethyl adjacent to an activating group) is 1. The van der Waals surface area contributed by atoms with Crippen LogP contribution < -0.4 is 21.1 Å². The molecule has 13 heteroatoms. The quantitative estimate of drug-likeness (QED) is 0.371. The molecule has 0 saturated heterocycles. The number of halogens is 4. The number of ether oxygens (including phenoxy) is 1. The number of rotatable bonds is 7. The van der Waals surface area contributed by atoms with E-state index in [1.165, 1.54) is 31.3 Å². The maximum absolute atomic E-state index is 14.4. The molecule has 5 N–H and O–H groups in total. The number of alkyl halides is 3. The summed E-state index contributed by atoms with van der Waals surface area (Å²) in [4.78, 5) is 38.9. The van der Waals surface area contributed by atoms with Crippen LogP contribution in [0.15, 0.2) is 42.5 Å². The number of hydrogen-bond donors (Lipinski definition) is 4. The van der Waals surface area contributed by atoms with E-state index in [0.29, 0.717) is 24.0 Å². The minimum atomic E-state index is -4.51. The Morgan fingerprint density at radius 1 is 1.22 bits per heavy atom. The fourth-order valence-electron chi connectivity index (χ4n) is 4.52. The van der Waals surface area contributed by atoms with Gasteiger partial charge < -0.3 is 31.1 Å². The normalized spacial score (nSPS) is 19.9. The predicted octanol–water partition coefficient (Wildman–Crippen LogP) is 2.29. The SMILES string of the molecule is CN1C(=O)CCCCOc2cc(F)cc(c2)C[C@@H]([C@H](O)CNCc2cccc(C(F)(F)F)c2)NC(=O)[C@@H]1CC(N)=O. The summed E-state index contributed by atoms with van der Waals surface area (Å²) in [6.45, 7) is 0.0452. The molecule has 3 atom stereocenters. The monoisotopic (exact) mass is 582 g/mol. The summed E-state index contributed by atoms with van der Waals surface area (Å²) >= 11 is 0. The Morgan fingerprint density at radius 2 is 1.98 bits per heavy atom. The molecule has 1 aliphatic heterocycles. The van der Waals surface area contributed by atoms with Crippen molar-refractivity contribution >= 4 is 17.7 Å². The van der Waals surface area contributed by atoms with E-state index < -0.39 is 59.9 Å². The lowest BCUT2D eigenvalue weighted by atomic mass is 9.99. The average Bonchev–Trinajstić information content (AvgIpc) is 2.89. The lowest BCUT2D eigenvalue weighted by molar-refractivity contribution is -0.141. The molecule has 0 aromatic heterocycles. The lowest BCUT2D eigenvalue weighted by Crippen LogP contribution is -2.55. The highest BCUT2D eigenvalue weighted by Crippen LogP contribution is 2.29. The molecule has 3 rings (SSSR count). The molecule has 2 bridgehead atoms. The molecular weight excluding hydrogens is 548 g/mol. The first-order valence-electron chi connectivity index (χ1n) is 13.1. The highest BCUT2D eigenvalue weighted by atomic mass is 19.4. The Balaban J connectivity index is 1.83. The van der Waals surface area contributed by atoms with Crippen LogP contribution in [0.5, 0.6) is 5.75 Å². The molecule has 0 radical (unpaired) electrons. The third kappa shape index (κ3) is 9.71. The van der Waals surface area contributed by atoms with Crippen molar-refractivity contribution in [2.24, 2.45) is 5.73 Å². The molecule has 1 aliphatic rings. The summed E-state index contributed by atoms with van der Waals surface area (Å²) in [5.41, 5.74) is 5.25. The summed E-state index contributed by atoms with van der Waals surface area (Å²) in [6, 6.07) is 6.41. The van der Waals surface area contributed by atoms with Crippen molar-refractivity contribution in [3.8, 4) is 5.75 Å². The lowest BCUT2D eigenvalue weighted by Gasteiger charge is -2.30. The van der Waals surface area contributed by atoms with Crippen molar-refractivity contribution in [3.63, 3.8) is 0 Å². The van der Waals surface area contributed by atoms with Crippen molar-refractivity contribution in [3.05, 3.63) is 65.0 Å². The average molecular weight is 583 g/mol. The number of benzene rings is 2. The third-order valence-electron chi connectivity index (χ3n) is 6.73. The molecule has 0 aliphatic carbocycles. The fourth-order valence-corrected chi connectivity index (χ4v) is 4.52. The second kappa shape index (κ2) is 14.3. The van der Waals surface area contributed by atoms with Crippen LogP contribution in [0.3, 0.4) is 0 Å². The summed E-state index contributed by atoms with van der Waals surface area (Å²) in [5.74, 6) is -2.31. The van der Waals surface area contributed by atoms with Gasteiger partial charge in [-0.3, -0.25) is 14.4 Å². The van der Waals surface area contributed by atoms with Gasteiger partial charge in [-0.05, 0) is 48.6 Å². The van der Waals surface area contributed by atoms with Crippen molar-refractivity contribution in [2.75, 3.05) is 20.2 Å². The van der Waals surface area contributed by atoms with Crippen LogP contribution in [-0.2, 0) is 33.5 Å². The van der Waals surface area contributed by atoms with Crippen LogP contribution in [0.2, 0.25) is 0 Å². The molecule has 0 fully saturated rings. The van der Waals surface area contributed by atoms with Crippen molar-refractivity contribution in [1.82, 2.24) is 15.5 Å². The molecule has 0 unspecified atom stereocenters. The van der Waals surface area contributed by atoms with Crippen molar-refractivity contribution < 1.29 is 41.8 Å². The minimum absolute atomic E-state index is 0.0128. The first-order valence-corrected chi connectivity index (χ1v) is 13.1. The Bertz CT molecular complexity index is 1230. The number of primary amides is 1. The number of nitrogens with zero attached hydrogens (tertiary/aromatic N) is 1. The Morgan fingerprint density at radius 3 is 2.68 bits per heavy atom. The zero-order valence-electron chi connectivity index (χ0n) is 22.5. The Hall–Kier alpha value is -3.71. The molecular formula is C28H34F4N4O5. The van der Waals surface area contributed by atoms with E-state index in [1.54, 1.807) is 6.07 Å². The van der Waals surface area contributed by atoms with Crippen LogP contribution in [0, 0.1) is 5.82 Å². The molecule has 3 amide bonds. The van der Waals surface area contributed by atoms with E-state index in [2.05, 4.69) is 10.6 Å². The summed E-state index contributed by atoms with van der Waals surface area (Å²) in [6.07, 6.45) is -5.35. The Kier molecular flexibility index (Phi) is 11.1. The number of carbonyl (C=O) groups excluding carboxylic acids is 3. The number of amides is 3. The van der Waals surface area contributed by atoms with Gasteiger partial charge in [-0.1, -0.05) is 18.2 Å². The zero-order chi connectivity index (χ0) is 30.2. The molecule has 0 saturated carbocycles. The van der Waals surface area contributed by atoms with E-state index in [4.69, 9.17) is 10.5 Å². The third-order valence-corrected chi connectivity index (χ3v) is 6.73. The van der Waals surface area contributed by atoms with E-state index in [-0.39, 0.29) is 38.3 Å². The smallest absolute Gasteiger partial charge is 0.416 e. The molecule has 0 spiro atoms. The summed E-state index contributed by atoms with van der Waals surface area (Å²) < 4.78 is 59.2. The number of aliphatic hydroxyl groups is 1. The first kappa shape index (κ1) is 31.8. The van der Waals surface area contributed by atoms with Gasteiger partial charge in [0.15, 0.2) is 0 Å². The molecule has 1 heterocycles. The van der Waals surface area contributed by atoms with Crippen LogP contribution in [-0.4, -0.2) is 66.1 Å². The number of fused-ring (bicyclic) bond motifs is 2. The van der Waals surface area contributed by atoms with Gasteiger partial charge in [0.05, 0.1) is 30.7 Å². The Labute approximate surface area is 235 Å². The predicted molar refractivity (Wildman–Crippen MR) is 141 cm³/mol. The molecule has 41 heavy (non-hydrogen) atoms. The van der Waals surface area contributed by atoms with Crippen LogP contribution in [0.1, 0.15) is 42.4 Å². The topological polar surface area (TPSA) is 134 Å². The van der Waals surface area contributed by atoms with Crippen molar-refractivity contribution in [2.45, 2.75) is 63.0 Å². The van der Waals surface area contributed by atoms with Gasteiger partial charge in [-0.15, -0.1) is 0 Å². The summed E-state index contributed by atoms with van der Waals surface area (Å²) in [7, 11) is 1.38. The number of nitrogens with two attached hydrogens (primary N) is 1. The second-order valence-corrected chi connectivity index (χ2v) is 10.0. The van der Waals surface area contributed by atoms with E-state index in [1.807, 2.05) is 0 Å². The van der Waals surface area contributed by atoms with Gasteiger partial charge in [0, 0.05) is 32.6 Å². The van der Waals surface area contributed by atoms with E-state index in [0.717, 1.165) is 17.0 Å². The van der Waals surface area contributed by atoms with E-state index in [9.17, 15) is 37.1 Å². The maximum atomic E-state index is 14.4. The molecule has 2 aromatic rings. The van der Waals surface area contributed by atoms with E-state index >= 15 is 0 Å². The zero-order valence-corrected chi connectivity index (χ0v) is 22.5. The standard InChI is InChI=1S/C28H34F4N4O5/c1-36-23(14-25(33)38)27(40)35-22(24(37)16-34-15-17-5-4-6-19(9-17)28(30,31)32)12-18-10-20(29)13-21(11-18)41-8-3-2-7-26(36)39/h4-6,9-11,13,22-24,34,37H,2-3,7-8,12,14-16H2,1H3,(H2,33,38)(H,35,40)/t22-,23-,24+/m0/s1. The summed E-state index contributed by atoms with van der Waals surface area (Å²) in [5, 5.41) is 16.6. The van der Waals surface area contributed by atoms with Gasteiger partial charge >= 0.3 is 6.18 Å². The van der Waals surface area contributed by atoms with Gasteiger partial charge in [0.2, 0.25) is 17.7 Å². The van der Waals surface area contributed by atoms with Gasteiger partial charge in [-0.25, -0.2) is 4.39 Å². The highest BCUT2D eigenvalue weighted by Gasteiger charge is 2.32. The molecule has 2 aromatic carbocycles. The highest BCUT2D eigenvalue weighted by molar-refractivity contribution is 5.91. The van der Waals surface area contributed by atoms with Gasteiger partial charge in [-0.2, -0.15) is 13.2 Å². The molecule has 9 nitrogen and oxygen atoms in total. The maximum Gasteiger partial charge on any atom is 0.416 e. The van der Waals surface area contributed by atoms with Crippen LogP contribution in [0.25, 0.3) is 0 Å². The number of nitrogens with one attached hydrogen (secondary N) is 2. The second-order valence-electron chi connectivity index (χ2n) is 10.0. The van der Waals surface area contributed by atoms with Crippen LogP contribution >= 0.6 is 0 Å². The van der Waals surface area contributed by atoms with Crippen molar-refractivity contribution in [1.29, 1.82) is 0 Å². The number of aliphatic hydroxyl groups excluding tert-OH is 1. The largest absolute Gasteiger partial charge is 0.493 e. The molecule has 224 valence electrons. The van der Waals surface area contributed by atoms with Crippen LogP contribution in [0.4, 0.5) is 17.6 Å². The van der Waals surface area contributed by atoms with Gasteiger partial charge in [0.25, 0.3) is 0 Å². The minimum Gasteiger partial charge on any atom is -0.493 e. The fraction of sp³-hybridized carbons (Fsp3) is 0.464. The number of carbonyl (C=O) groups is 3. The number of hydrogen-bond acceptors (Lipinski definition) is 6. The first-order chi connectivity index (χ1) is 19.3. The van der Waals surface area contributed by atoms with Gasteiger partial charge in [0.1, 0.15) is 17.6 Å².